The van der Waals surface area contributed by atoms with Gasteiger partial charge in [-0.25, -0.2) is 8.42 Å². The Morgan fingerprint density at radius 2 is 2.23 bits per heavy atom. The van der Waals surface area contributed by atoms with Crippen LogP contribution in [0.25, 0.3) is 0 Å². The smallest absolute Gasteiger partial charge is 0.180 e. The predicted octanol–water partition coefficient (Wildman–Crippen LogP) is 1.50. The summed E-state index contributed by atoms with van der Waals surface area (Å²) in [6.07, 6.45) is 2.55. The van der Waals surface area contributed by atoms with Crippen LogP contribution in [0, 0.1) is 0 Å². The van der Waals surface area contributed by atoms with E-state index in [-0.39, 0.29) is 5.75 Å². The second kappa shape index (κ2) is 4.24. The van der Waals surface area contributed by atoms with E-state index in [1.54, 1.807) is 6.92 Å². The van der Waals surface area contributed by atoms with E-state index >= 15 is 0 Å². The molecule has 0 spiro atoms. The van der Waals surface area contributed by atoms with Crippen molar-refractivity contribution in [2.45, 2.75) is 31.6 Å². The first-order valence-corrected chi connectivity index (χ1v) is 6.21. The van der Waals surface area contributed by atoms with Gasteiger partial charge in [-0.1, -0.05) is 12.2 Å². The van der Waals surface area contributed by atoms with Gasteiger partial charge >= 0.3 is 0 Å². The van der Waals surface area contributed by atoms with Crippen LogP contribution in [0.15, 0.2) is 12.2 Å². The third-order valence-corrected chi connectivity index (χ3v) is 4.05. The zero-order chi connectivity index (χ0) is 9.90. The van der Waals surface area contributed by atoms with Crippen molar-refractivity contribution in [3.8, 4) is 0 Å². The topological polar surface area (TPSA) is 43.4 Å². The molecule has 1 heterocycles. The molecule has 0 amide bonds. The fourth-order valence-corrected chi connectivity index (χ4v) is 3.13. The van der Waals surface area contributed by atoms with Gasteiger partial charge in [0.1, 0.15) is 0 Å². The Labute approximate surface area is 79.7 Å². The van der Waals surface area contributed by atoms with Gasteiger partial charge in [-0.05, 0) is 26.2 Å². The van der Waals surface area contributed by atoms with Crippen LogP contribution in [-0.4, -0.2) is 26.2 Å². The van der Waals surface area contributed by atoms with Gasteiger partial charge in [0, 0.05) is 6.61 Å². The first-order valence-electron chi connectivity index (χ1n) is 4.50. The largest absolute Gasteiger partial charge is 0.362 e. The van der Waals surface area contributed by atoms with Crippen molar-refractivity contribution in [2.75, 3.05) is 12.4 Å². The molecule has 0 bridgehead atoms. The van der Waals surface area contributed by atoms with E-state index in [2.05, 4.69) is 6.58 Å². The highest BCUT2D eigenvalue weighted by atomic mass is 32.2. The molecular weight excluding hydrogens is 188 g/mol. The van der Waals surface area contributed by atoms with E-state index in [0.717, 1.165) is 12.8 Å². The normalized spacial score (nSPS) is 24.2. The van der Waals surface area contributed by atoms with E-state index in [4.69, 9.17) is 4.74 Å². The molecule has 0 radical (unpaired) electrons. The first kappa shape index (κ1) is 10.7. The molecule has 1 rings (SSSR count). The van der Waals surface area contributed by atoms with Gasteiger partial charge in [-0.3, -0.25) is 0 Å². The number of hydrogen-bond donors (Lipinski definition) is 0. The lowest BCUT2D eigenvalue weighted by atomic mass is 10.2. The van der Waals surface area contributed by atoms with Crippen molar-refractivity contribution in [2.24, 2.45) is 0 Å². The molecule has 0 saturated carbocycles. The molecule has 76 valence electrons. The maximum Gasteiger partial charge on any atom is 0.180 e. The van der Waals surface area contributed by atoms with Crippen LogP contribution in [0.3, 0.4) is 0 Å². The fourth-order valence-electron chi connectivity index (χ4n) is 1.43. The van der Waals surface area contributed by atoms with Crippen LogP contribution in [0.2, 0.25) is 0 Å². The maximum absolute atomic E-state index is 11.6. The van der Waals surface area contributed by atoms with Crippen LogP contribution < -0.4 is 0 Å². The summed E-state index contributed by atoms with van der Waals surface area (Å²) >= 11 is 0. The molecule has 1 unspecified atom stereocenters. The molecule has 1 aliphatic rings. The number of hydrogen-bond acceptors (Lipinski definition) is 3. The van der Waals surface area contributed by atoms with E-state index < -0.39 is 15.3 Å². The average Bonchev–Trinajstić information content (AvgIpc) is 2.04. The Balaban J connectivity index is 2.62. The highest BCUT2D eigenvalue weighted by molar-refractivity contribution is 7.92. The van der Waals surface area contributed by atoms with Gasteiger partial charge in [0.25, 0.3) is 0 Å². The van der Waals surface area contributed by atoms with Crippen LogP contribution in [0.1, 0.15) is 26.2 Å². The van der Waals surface area contributed by atoms with E-state index in [1.165, 1.54) is 0 Å². The minimum Gasteiger partial charge on any atom is -0.362 e. The maximum atomic E-state index is 11.6. The first-order chi connectivity index (χ1) is 6.02. The van der Waals surface area contributed by atoms with Crippen LogP contribution in [0.4, 0.5) is 0 Å². The fraction of sp³-hybridized carbons (Fsp3) is 0.778. The van der Waals surface area contributed by atoms with E-state index in [9.17, 15) is 8.42 Å². The third-order valence-electron chi connectivity index (χ3n) is 1.99. The lowest BCUT2D eigenvalue weighted by Gasteiger charge is -2.22. The van der Waals surface area contributed by atoms with Gasteiger partial charge < -0.3 is 4.74 Å². The van der Waals surface area contributed by atoms with Crippen molar-refractivity contribution in [3.05, 3.63) is 12.2 Å². The Hall–Kier alpha value is -0.350. The molecule has 3 nitrogen and oxygen atoms in total. The second-order valence-electron chi connectivity index (χ2n) is 3.56. The zero-order valence-electron chi connectivity index (χ0n) is 7.95. The van der Waals surface area contributed by atoms with Crippen LogP contribution in [0.5, 0.6) is 0 Å². The Morgan fingerprint density at radius 3 is 2.69 bits per heavy atom. The monoisotopic (exact) mass is 204 g/mol. The van der Waals surface area contributed by atoms with Crippen molar-refractivity contribution < 1.29 is 13.2 Å². The molecule has 0 N–H and O–H groups in total. The van der Waals surface area contributed by atoms with Crippen molar-refractivity contribution in [3.63, 3.8) is 0 Å². The van der Waals surface area contributed by atoms with Crippen molar-refractivity contribution in [1.29, 1.82) is 0 Å². The standard InChI is InChI=1S/C9H16O3S/c1-8(2)7-13(10,11)9-5-3-4-6-12-9/h9H,1,3-7H2,2H3. The molecule has 1 aliphatic heterocycles. The predicted molar refractivity (Wildman–Crippen MR) is 52.2 cm³/mol. The van der Waals surface area contributed by atoms with Gasteiger partial charge in [0.2, 0.25) is 0 Å². The quantitative estimate of drug-likeness (QED) is 0.654. The summed E-state index contributed by atoms with van der Waals surface area (Å²) in [6.45, 7) is 5.89. The SMILES string of the molecule is C=C(C)CS(=O)(=O)C1CCCCO1. The van der Waals surface area contributed by atoms with Crippen LogP contribution in [-0.2, 0) is 14.6 Å². The lowest BCUT2D eigenvalue weighted by molar-refractivity contribution is 0.0663. The zero-order valence-corrected chi connectivity index (χ0v) is 8.77. The number of ether oxygens (including phenoxy) is 1. The summed E-state index contributed by atoms with van der Waals surface area (Å²) in [6, 6.07) is 0. The summed E-state index contributed by atoms with van der Waals surface area (Å²) in [5.74, 6) is 0.0532. The average molecular weight is 204 g/mol. The van der Waals surface area contributed by atoms with Crippen LogP contribution >= 0.6 is 0 Å². The summed E-state index contributed by atoms with van der Waals surface area (Å²) < 4.78 is 28.4. The minimum atomic E-state index is -3.10. The Bertz CT molecular complexity index is 273. The second-order valence-corrected chi connectivity index (χ2v) is 5.70. The molecule has 0 aromatic rings. The third kappa shape index (κ3) is 3.12. The molecule has 13 heavy (non-hydrogen) atoms. The molecule has 1 fully saturated rings. The highest BCUT2D eigenvalue weighted by Crippen LogP contribution is 2.19. The van der Waals surface area contributed by atoms with Gasteiger partial charge in [-0.2, -0.15) is 0 Å². The lowest BCUT2D eigenvalue weighted by Crippen LogP contribution is -2.30. The van der Waals surface area contributed by atoms with E-state index in [0.29, 0.717) is 18.6 Å². The van der Waals surface area contributed by atoms with Gasteiger partial charge in [-0.15, -0.1) is 0 Å². The molecule has 1 atom stereocenters. The molecule has 0 aromatic carbocycles. The van der Waals surface area contributed by atoms with Crippen molar-refractivity contribution >= 4 is 9.84 Å². The molecule has 0 aromatic heterocycles. The van der Waals surface area contributed by atoms with Gasteiger partial charge in [0.05, 0.1) is 5.75 Å². The highest BCUT2D eigenvalue weighted by Gasteiger charge is 2.27. The number of sulfone groups is 1. The summed E-state index contributed by atoms with van der Waals surface area (Å²) in [4.78, 5) is 0. The molecular formula is C9H16O3S. The Kier molecular flexibility index (Phi) is 3.50. The molecule has 0 aliphatic carbocycles. The molecule has 1 saturated heterocycles. The molecule has 4 heteroatoms. The Morgan fingerprint density at radius 1 is 1.54 bits per heavy atom. The number of rotatable bonds is 3. The summed E-state index contributed by atoms with van der Waals surface area (Å²) in [5.41, 5.74) is 0.0899. The van der Waals surface area contributed by atoms with Gasteiger partial charge in [0.15, 0.2) is 15.3 Å². The summed E-state index contributed by atoms with van der Waals surface area (Å²) in [7, 11) is -3.10. The van der Waals surface area contributed by atoms with Crippen molar-refractivity contribution in [1.82, 2.24) is 0 Å². The van der Waals surface area contributed by atoms with E-state index in [1.807, 2.05) is 0 Å². The summed E-state index contributed by atoms with van der Waals surface area (Å²) in [5, 5.41) is 0. The minimum absolute atomic E-state index is 0.0532.